The SMILES string of the molecule is [Co+2].[Nb+5].[OH-].[OH-].[OH-].[OH-].[OH-].[OH-].[OH-].[OH-].[OH-].[OH-].[OH-].[OH-].[OH-].[OH-].[OH-].[OH-].[Ta+5].[W+4]. The molecule has 0 aromatic heterocycles. The van der Waals surface area contributed by atoms with Gasteiger partial charge < -0.3 is 87.6 Å². The molecule has 0 aliphatic heterocycles. The van der Waals surface area contributed by atoms with Gasteiger partial charge in [0, 0.05) is 0 Å². The van der Waals surface area contributed by atoms with Crippen LogP contribution in [0.5, 0.6) is 0 Å². The van der Waals surface area contributed by atoms with E-state index in [-0.39, 0.29) is 170 Å². The number of hydrogen-bond donors (Lipinski definition) is 0. The van der Waals surface area contributed by atoms with Crippen LogP contribution in [0.4, 0.5) is 0 Å². The van der Waals surface area contributed by atoms with E-state index in [1.54, 1.807) is 0 Å². The van der Waals surface area contributed by atoms with E-state index >= 15 is 0 Å². The molecule has 0 spiro atoms. The summed E-state index contributed by atoms with van der Waals surface area (Å²) >= 11 is 0. The molecule has 0 saturated carbocycles. The molecular formula is H16CoNbO16TaW. The molecule has 20 heavy (non-hydrogen) atoms. The first-order valence-corrected chi connectivity index (χ1v) is 0. The van der Waals surface area contributed by atoms with Crippen molar-refractivity contribution < 1.29 is 170 Å². The fourth-order valence-corrected chi connectivity index (χ4v) is 0. The van der Waals surface area contributed by atoms with Crippen molar-refractivity contribution in [1.82, 2.24) is 0 Å². The van der Waals surface area contributed by atoms with E-state index in [2.05, 4.69) is 0 Å². The van der Waals surface area contributed by atoms with Gasteiger partial charge in [-0.25, -0.2) is 0 Å². The van der Waals surface area contributed by atoms with Gasteiger partial charge in [-0.3, -0.25) is 0 Å². The molecule has 0 aromatic rings. The van der Waals surface area contributed by atoms with Crippen LogP contribution in [0.1, 0.15) is 0 Å². The second-order valence-electron chi connectivity index (χ2n) is 0. The maximum absolute atomic E-state index is 0. The summed E-state index contributed by atoms with van der Waals surface area (Å²) in [5.41, 5.74) is 0. The van der Waals surface area contributed by atoms with Crippen LogP contribution in [0.3, 0.4) is 0 Å². The van der Waals surface area contributed by atoms with Crippen LogP contribution >= 0.6 is 0 Å². The van der Waals surface area contributed by atoms with Crippen molar-refractivity contribution >= 4 is 0 Å². The van der Waals surface area contributed by atoms with Crippen LogP contribution in [-0.4, -0.2) is 87.6 Å². The average molecular weight is 789 g/mol. The van der Waals surface area contributed by atoms with Crippen molar-refractivity contribution in [1.29, 1.82) is 0 Å². The fourth-order valence-electron chi connectivity index (χ4n) is 0. The molecule has 0 heterocycles. The zero-order chi connectivity index (χ0) is 0. The Morgan fingerprint density at radius 2 is 0.250 bits per heavy atom. The third kappa shape index (κ3) is 1750. The molecular weight excluding hydrogens is 773 g/mol. The van der Waals surface area contributed by atoms with Crippen LogP contribution in [0, 0.1) is 0 Å². The van der Waals surface area contributed by atoms with E-state index in [1.165, 1.54) is 0 Å². The maximum atomic E-state index is 0. The minimum Gasteiger partial charge on any atom is -0.870 e. The van der Waals surface area contributed by atoms with Gasteiger partial charge in [-0.2, -0.15) is 0 Å². The normalized spacial score (nSPS) is 0. The van der Waals surface area contributed by atoms with Crippen LogP contribution in [-0.2, 0) is 82.6 Å². The molecule has 137 valence electrons. The molecule has 0 aliphatic carbocycles. The molecule has 0 aromatic carbocycles. The summed E-state index contributed by atoms with van der Waals surface area (Å²) < 4.78 is 0. The Bertz CT molecular complexity index is 22.4. The summed E-state index contributed by atoms with van der Waals surface area (Å²) in [4.78, 5) is 0. The number of hydrogen-bond acceptors (Lipinski definition) is 16. The second-order valence-corrected chi connectivity index (χ2v) is 0. The fraction of sp³-hybridized carbons (Fsp3) is 0. The summed E-state index contributed by atoms with van der Waals surface area (Å²) in [5.74, 6) is 0. The van der Waals surface area contributed by atoms with Crippen LogP contribution < -0.4 is 0 Å². The zero-order valence-electron chi connectivity index (χ0n) is 8.79. The Morgan fingerprint density at radius 3 is 0.250 bits per heavy atom. The number of rotatable bonds is 0. The van der Waals surface area contributed by atoms with Gasteiger partial charge in [0.2, 0.25) is 0 Å². The molecule has 0 rings (SSSR count). The van der Waals surface area contributed by atoms with Gasteiger partial charge in [0.05, 0.1) is 0 Å². The molecule has 1 radical (unpaired) electrons. The Balaban J connectivity index is 0. The predicted molar refractivity (Wildman–Crippen MR) is 31.0 cm³/mol. The van der Waals surface area contributed by atoms with Gasteiger partial charge in [0.1, 0.15) is 0 Å². The van der Waals surface area contributed by atoms with Gasteiger partial charge in [-0.05, 0) is 0 Å². The van der Waals surface area contributed by atoms with Crippen molar-refractivity contribution in [2.75, 3.05) is 0 Å². The van der Waals surface area contributed by atoms with E-state index in [4.69, 9.17) is 0 Å². The minimum atomic E-state index is 0. The molecule has 0 unspecified atom stereocenters. The molecule has 0 aliphatic rings. The summed E-state index contributed by atoms with van der Waals surface area (Å²) in [6.07, 6.45) is 0. The topological polar surface area (TPSA) is 480 Å². The third-order valence-electron chi connectivity index (χ3n) is 0. The van der Waals surface area contributed by atoms with Crippen LogP contribution in [0.2, 0.25) is 0 Å². The van der Waals surface area contributed by atoms with Crippen LogP contribution in [0.25, 0.3) is 0 Å². The quantitative estimate of drug-likeness (QED) is 0.223. The van der Waals surface area contributed by atoms with Gasteiger partial charge in [-0.1, -0.05) is 0 Å². The van der Waals surface area contributed by atoms with E-state index in [1.807, 2.05) is 0 Å². The Morgan fingerprint density at radius 1 is 0.250 bits per heavy atom. The molecule has 16 nitrogen and oxygen atoms in total. The van der Waals surface area contributed by atoms with Crippen molar-refractivity contribution in [3.05, 3.63) is 0 Å². The first kappa shape index (κ1) is 2350. The maximum Gasteiger partial charge on any atom is 5.00 e. The predicted octanol–water partition coefficient (Wildman–Crippen LogP) is -2.84. The van der Waals surface area contributed by atoms with Crippen LogP contribution in [0.15, 0.2) is 0 Å². The van der Waals surface area contributed by atoms with Crippen molar-refractivity contribution in [2.45, 2.75) is 0 Å². The molecule has 0 amide bonds. The van der Waals surface area contributed by atoms with Gasteiger partial charge in [-0.15, -0.1) is 0 Å². The van der Waals surface area contributed by atoms with E-state index in [0.29, 0.717) is 0 Å². The molecule has 0 atom stereocenters. The molecule has 20 heteroatoms. The minimum absolute atomic E-state index is 0. The third-order valence-corrected chi connectivity index (χ3v) is 0. The van der Waals surface area contributed by atoms with Gasteiger partial charge in [0.25, 0.3) is 0 Å². The van der Waals surface area contributed by atoms with E-state index < -0.39 is 0 Å². The van der Waals surface area contributed by atoms with Crippen molar-refractivity contribution in [2.24, 2.45) is 0 Å². The standard InChI is InChI=1S/Co.Nb.16H2O.Ta.W/h;;16*1H2;;/q+2;+5;;;;;;;;;;;;;;;;;+5;+4/p-16. The summed E-state index contributed by atoms with van der Waals surface area (Å²) in [6, 6.07) is 0. The summed E-state index contributed by atoms with van der Waals surface area (Å²) in [6.45, 7) is 0. The Labute approximate surface area is 169 Å². The molecule has 0 bridgehead atoms. The summed E-state index contributed by atoms with van der Waals surface area (Å²) in [7, 11) is 0. The van der Waals surface area contributed by atoms with E-state index in [9.17, 15) is 0 Å². The van der Waals surface area contributed by atoms with Gasteiger partial charge in [0.15, 0.2) is 0 Å². The first-order valence-electron chi connectivity index (χ1n) is 0. The van der Waals surface area contributed by atoms with E-state index in [0.717, 1.165) is 0 Å². The monoisotopic (exact) mass is 789 g/mol. The Kier molecular flexibility index (Phi) is 240000. The molecule has 0 saturated heterocycles. The van der Waals surface area contributed by atoms with Crippen molar-refractivity contribution in [3.63, 3.8) is 0 Å². The van der Waals surface area contributed by atoms with Gasteiger partial charge >= 0.3 is 82.6 Å². The smallest absolute Gasteiger partial charge is 0.870 e. The summed E-state index contributed by atoms with van der Waals surface area (Å²) in [5, 5.41) is 0. The first-order chi connectivity index (χ1) is 0. The largest absolute Gasteiger partial charge is 5.00 e. The molecule has 16 N–H and O–H groups in total. The zero-order valence-corrected chi connectivity index (χ0v) is 18.2. The van der Waals surface area contributed by atoms with Crippen molar-refractivity contribution in [3.8, 4) is 0 Å². The Hall–Kier alpha value is 2.04. The molecule has 0 fully saturated rings. The average Bonchev–Trinajstić information content (AvgIpc) is 0. The second kappa shape index (κ2) is 2040.